The van der Waals surface area contributed by atoms with Gasteiger partial charge < -0.3 is 4.55 Å². The normalized spacial score (nSPS) is 11.9. The maximum absolute atomic E-state index is 14.4. The summed E-state index contributed by atoms with van der Waals surface area (Å²) in [5.74, 6) is -0.813. The van der Waals surface area contributed by atoms with Crippen LogP contribution < -0.4 is 8.87 Å². The number of nitrogens with zero attached hydrogens (tertiary/aromatic N) is 3. The fourth-order valence-corrected chi connectivity index (χ4v) is 5.98. The van der Waals surface area contributed by atoms with Gasteiger partial charge in [-0.1, -0.05) is 54.6 Å². The third-order valence-corrected chi connectivity index (χ3v) is 8.65. The molecule has 5 aromatic rings. The second-order valence-electron chi connectivity index (χ2n) is 9.00. The lowest BCUT2D eigenvalue weighted by Crippen LogP contribution is -2.39. The number of aryl methyl sites for hydroxylation is 1. The van der Waals surface area contributed by atoms with Crippen LogP contribution in [0.25, 0.3) is 21.8 Å². The van der Waals surface area contributed by atoms with E-state index < -0.39 is 47.1 Å². The van der Waals surface area contributed by atoms with Gasteiger partial charge in [-0.05, 0) is 30.3 Å². The van der Waals surface area contributed by atoms with Crippen molar-refractivity contribution in [3.05, 3.63) is 119 Å². The second-order valence-corrected chi connectivity index (χ2v) is 12.1. The first-order chi connectivity index (χ1) is 20.6. The van der Waals surface area contributed by atoms with E-state index in [-0.39, 0.29) is 11.3 Å². The van der Waals surface area contributed by atoms with Crippen molar-refractivity contribution in [2.45, 2.75) is 10.4 Å². The Balaban J connectivity index is 0.000000488. The first-order valence-electron chi connectivity index (χ1n) is 12.3. The van der Waals surface area contributed by atoms with Gasteiger partial charge in [0.1, 0.15) is 7.05 Å². The van der Waals surface area contributed by atoms with Crippen LogP contribution in [-0.4, -0.2) is 37.7 Å². The quantitative estimate of drug-likeness (QED) is 0.0656. The first kappa shape index (κ1) is 32.0. The number of amides is 1. The van der Waals surface area contributed by atoms with Crippen molar-refractivity contribution in [2.75, 3.05) is 4.31 Å². The Bertz CT molecular complexity index is 2070. The molecular formula is C28H20F3N3O8S2. The molecule has 228 valence electrons. The standard InChI is InChI=1S/C27H20N3O5S.CHF3O3S/c1-28-22-15-7-5-13-20(22)26(21-14-6-8-16-23(21)28)27(31)29(19-11-3-2-4-12-19)36(34,35)25-18-10-9-17-24(25)30(32)33;2-1(3,4)8(5,6)7/h2-18H,1H3;(H,5,6,7)/q+1;/p-1. The number of hydrogen-bond acceptors (Lipinski definition) is 8. The molecule has 1 aromatic heterocycles. The Labute approximate surface area is 248 Å². The van der Waals surface area contributed by atoms with Gasteiger partial charge in [0, 0.05) is 18.2 Å². The number of alkyl halides is 3. The molecule has 0 saturated carbocycles. The molecule has 0 saturated heterocycles. The minimum atomic E-state index is -6.09. The smallest absolute Gasteiger partial charge is 0.485 e. The van der Waals surface area contributed by atoms with Crippen LogP contribution in [0.1, 0.15) is 10.4 Å². The highest BCUT2D eigenvalue weighted by atomic mass is 32.2. The zero-order valence-electron chi connectivity index (χ0n) is 22.4. The highest BCUT2D eigenvalue weighted by molar-refractivity contribution is 7.93. The molecule has 1 amide bonds. The summed E-state index contributed by atoms with van der Waals surface area (Å²) >= 11 is 0. The van der Waals surface area contributed by atoms with E-state index in [0.29, 0.717) is 15.1 Å². The Morgan fingerprint density at radius 3 is 1.68 bits per heavy atom. The number of aromatic nitrogens is 1. The lowest BCUT2D eigenvalue weighted by atomic mass is 10.0. The number of nitro benzene ring substituents is 1. The number of carbonyl (C=O) groups excluding carboxylic acids is 1. The van der Waals surface area contributed by atoms with Crippen molar-refractivity contribution in [2.24, 2.45) is 7.05 Å². The highest BCUT2D eigenvalue weighted by Gasteiger charge is 2.39. The molecule has 0 atom stereocenters. The summed E-state index contributed by atoms with van der Waals surface area (Å²) < 4.78 is 89.5. The van der Waals surface area contributed by atoms with Crippen LogP contribution in [0.3, 0.4) is 0 Å². The maximum Gasteiger partial charge on any atom is 0.485 e. The zero-order valence-corrected chi connectivity index (χ0v) is 24.0. The minimum absolute atomic E-state index is 0.0713. The molecule has 0 aliphatic carbocycles. The molecule has 0 aliphatic heterocycles. The van der Waals surface area contributed by atoms with Crippen LogP contribution in [-0.2, 0) is 27.2 Å². The van der Waals surface area contributed by atoms with Gasteiger partial charge in [-0.15, -0.1) is 0 Å². The van der Waals surface area contributed by atoms with Gasteiger partial charge in [0.25, 0.3) is 21.6 Å². The van der Waals surface area contributed by atoms with E-state index in [1.807, 2.05) is 35.9 Å². The molecule has 0 unspecified atom stereocenters. The average molecular weight is 648 g/mol. The fraction of sp³-hybridized carbons (Fsp3) is 0.0714. The number of pyridine rings is 1. The van der Waals surface area contributed by atoms with Crippen LogP contribution in [0.5, 0.6) is 0 Å². The molecule has 16 heteroatoms. The van der Waals surface area contributed by atoms with E-state index in [9.17, 15) is 36.5 Å². The van der Waals surface area contributed by atoms with Gasteiger partial charge in [-0.3, -0.25) is 14.9 Å². The summed E-state index contributed by atoms with van der Waals surface area (Å²) in [7, 11) is -8.91. The zero-order chi connectivity index (χ0) is 32.4. The number of carbonyl (C=O) groups is 1. The molecular weight excluding hydrogens is 627 g/mol. The van der Waals surface area contributed by atoms with Crippen molar-refractivity contribution in [3.8, 4) is 0 Å². The number of fused-ring (bicyclic) bond motifs is 2. The molecule has 11 nitrogen and oxygen atoms in total. The molecule has 0 spiro atoms. The van der Waals surface area contributed by atoms with Crippen LogP contribution in [0.15, 0.2) is 108 Å². The third-order valence-electron chi connectivity index (χ3n) is 6.32. The Morgan fingerprint density at radius 2 is 1.20 bits per heavy atom. The summed E-state index contributed by atoms with van der Waals surface area (Å²) in [6.45, 7) is 0. The van der Waals surface area contributed by atoms with Crippen molar-refractivity contribution in [3.63, 3.8) is 0 Å². The Kier molecular flexibility index (Phi) is 8.71. The molecule has 0 fully saturated rings. The van der Waals surface area contributed by atoms with Crippen molar-refractivity contribution in [1.82, 2.24) is 0 Å². The Hall–Kier alpha value is -4.93. The third kappa shape index (κ3) is 6.08. The number of benzene rings is 4. The van der Waals surface area contributed by atoms with Gasteiger partial charge in [0.15, 0.2) is 15.0 Å². The summed E-state index contributed by atoms with van der Waals surface area (Å²) in [6, 6.07) is 27.3. The summed E-state index contributed by atoms with van der Waals surface area (Å²) in [4.78, 5) is 24.7. The number of rotatable bonds is 5. The minimum Gasteiger partial charge on any atom is -0.741 e. The summed E-state index contributed by atoms with van der Waals surface area (Å²) in [6.07, 6.45) is 0. The van der Waals surface area contributed by atoms with E-state index >= 15 is 0 Å². The molecule has 4 aromatic carbocycles. The van der Waals surface area contributed by atoms with Crippen molar-refractivity contribution in [1.29, 1.82) is 0 Å². The Morgan fingerprint density at radius 1 is 0.773 bits per heavy atom. The predicted molar refractivity (Wildman–Crippen MR) is 152 cm³/mol. The van der Waals surface area contributed by atoms with Crippen LogP contribution in [0.2, 0.25) is 0 Å². The van der Waals surface area contributed by atoms with Crippen LogP contribution in [0, 0.1) is 10.1 Å². The van der Waals surface area contributed by atoms with E-state index in [1.54, 1.807) is 42.5 Å². The monoisotopic (exact) mass is 647 g/mol. The molecule has 44 heavy (non-hydrogen) atoms. The average Bonchev–Trinajstić information content (AvgIpc) is 2.97. The number of sulfonamides is 1. The summed E-state index contributed by atoms with van der Waals surface area (Å²) in [5, 5.41) is 12.8. The van der Waals surface area contributed by atoms with E-state index in [2.05, 4.69) is 0 Å². The topological polar surface area (TPSA) is 159 Å². The lowest BCUT2D eigenvalue weighted by molar-refractivity contribution is -0.617. The number of anilines is 1. The second kappa shape index (κ2) is 12.0. The van der Waals surface area contributed by atoms with Gasteiger partial charge >= 0.3 is 5.51 Å². The predicted octanol–water partition coefficient (Wildman–Crippen LogP) is 4.81. The lowest BCUT2D eigenvalue weighted by Gasteiger charge is -2.23. The SMILES string of the molecule is C[n+]1c2ccccc2c(C(=O)N(c2ccccc2)S(=O)(=O)c2ccccc2[N+](=O)[O-])c2ccccc21.O=S(=O)([O-])C(F)(F)F. The van der Waals surface area contributed by atoms with Gasteiger partial charge in [-0.2, -0.15) is 22.0 Å². The number of hydrogen-bond donors (Lipinski definition) is 0. The molecule has 0 bridgehead atoms. The maximum atomic E-state index is 14.4. The van der Waals surface area contributed by atoms with Gasteiger partial charge in [-0.25, -0.2) is 16.8 Å². The number of para-hydroxylation sites is 4. The van der Waals surface area contributed by atoms with Crippen LogP contribution in [0.4, 0.5) is 24.5 Å². The van der Waals surface area contributed by atoms with E-state index in [1.165, 1.54) is 24.3 Å². The first-order valence-corrected chi connectivity index (χ1v) is 15.1. The van der Waals surface area contributed by atoms with Gasteiger partial charge in [0.05, 0.1) is 26.9 Å². The molecule has 0 N–H and O–H groups in total. The highest BCUT2D eigenvalue weighted by Crippen LogP contribution is 2.34. The number of halogens is 3. The van der Waals surface area contributed by atoms with Crippen molar-refractivity contribution >= 4 is 59.2 Å². The van der Waals surface area contributed by atoms with Crippen molar-refractivity contribution < 1.29 is 48.8 Å². The summed E-state index contributed by atoms with van der Waals surface area (Å²) in [5.41, 5.74) is -4.54. The van der Waals surface area contributed by atoms with E-state index in [0.717, 1.165) is 23.2 Å². The van der Waals surface area contributed by atoms with Crippen LogP contribution >= 0.6 is 0 Å². The van der Waals surface area contributed by atoms with Gasteiger partial charge in [0.2, 0.25) is 11.0 Å². The molecule has 0 aliphatic rings. The molecule has 1 heterocycles. The largest absolute Gasteiger partial charge is 0.741 e. The molecule has 0 radical (unpaired) electrons. The van der Waals surface area contributed by atoms with E-state index in [4.69, 9.17) is 13.0 Å². The fourth-order valence-electron chi connectivity index (χ4n) is 4.41. The number of nitro groups is 1. The molecule has 5 rings (SSSR count).